The number of hydrogen-bond acceptors (Lipinski definition) is 17. The molecular weight excluding hydrogens is 965 g/mol. The number of likely N-dealkylation sites (tertiary alicyclic amines) is 2. The lowest BCUT2D eigenvalue weighted by atomic mass is 9.71. The number of carbonyl (C=O) groups is 3. The molecule has 6 aliphatic heterocycles. The van der Waals surface area contributed by atoms with Crippen molar-refractivity contribution in [1.82, 2.24) is 29.6 Å². The SMILES string of the molecule is Cn1cc(-c2cc(OC(S)(S)S)c(CN3CCC(CN4CCC5(CC4)CN(c4ccc6c(c4)C(=O)N([C@H]4CCC(=O)NC4=O)C6)C5)CC3)c(OC(S)(S)S)c2)c2cc(N3CCC3)ncc2c1=O. The molecule has 1 atom stereocenters. The number of hydrogen-bond donors (Lipinski definition) is 7. The molecule has 0 radical (unpaired) electrons. The van der Waals surface area contributed by atoms with Gasteiger partial charge in [0.05, 0.1) is 10.9 Å². The second-order valence-electron chi connectivity index (χ2n) is 19.3. The maximum atomic E-state index is 13.5. The largest absolute Gasteiger partial charge is 0.458 e. The standard InChI is InChI=1S/C47H56N8O6S6/c1-50-24-35(33-20-40(53-11-2-12-53)48-21-34(33)43(50)58)30-17-38(60-46(62,63)64)36(39(18-30)61-47(65,66)67)25-51-13-7-28(8-14-51)22-52-15-9-45(10-16-52)26-54(27-45)31-4-3-29-23-55(44(59)32(29)19-31)37-5-6-41(56)49-42(37)57/h3-4,17-21,24,28,37,62-67H,2,5-16,22-23,25-27H2,1H3,(H,49,56,57)/t37-/m0/s1. The molecule has 3 amide bonds. The van der Waals surface area contributed by atoms with Gasteiger partial charge < -0.3 is 33.6 Å². The third-order valence-corrected chi connectivity index (χ3v) is 15.2. The summed E-state index contributed by atoms with van der Waals surface area (Å²) in [6, 6.07) is 11.4. The molecule has 20 heteroatoms. The van der Waals surface area contributed by atoms with E-state index in [-0.39, 0.29) is 35.1 Å². The van der Waals surface area contributed by atoms with Crippen LogP contribution in [0.15, 0.2) is 53.6 Å². The van der Waals surface area contributed by atoms with Crippen LogP contribution in [0.5, 0.6) is 11.5 Å². The minimum atomic E-state index is -1.42. The number of ether oxygens (including phenoxy) is 2. The van der Waals surface area contributed by atoms with Crippen molar-refractivity contribution < 1.29 is 23.9 Å². The number of nitrogens with zero attached hydrogens (tertiary/aromatic N) is 7. The van der Waals surface area contributed by atoms with Crippen LogP contribution < -0.4 is 30.1 Å². The van der Waals surface area contributed by atoms with Gasteiger partial charge in [-0.05, 0) is 112 Å². The Morgan fingerprint density at radius 3 is 2.10 bits per heavy atom. The molecule has 356 valence electrons. The monoisotopic (exact) mass is 1020 g/mol. The highest BCUT2D eigenvalue weighted by Crippen LogP contribution is 2.46. The van der Waals surface area contributed by atoms with E-state index in [4.69, 9.17) is 9.47 Å². The highest BCUT2D eigenvalue weighted by molar-refractivity contribution is 8.17. The molecule has 67 heavy (non-hydrogen) atoms. The summed E-state index contributed by atoms with van der Waals surface area (Å²) in [4.78, 5) is 66.9. The normalized spacial score (nSPS) is 21.7. The Kier molecular flexibility index (Phi) is 13.0. The summed E-state index contributed by atoms with van der Waals surface area (Å²) in [5.41, 5.74) is 5.09. The Morgan fingerprint density at radius 2 is 1.48 bits per heavy atom. The van der Waals surface area contributed by atoms with Crippen LogP contribution in [0.3, 0.4) is 0 Å². The molecule has 8 heterocycles. The van der Waals surface area contributed by atoms with Crippen molar-refractivity contribution in [2.75, 3.05) is 68.7 Å². The van der Waals surface area contributed by atoms with Gasteiger partial charge in [0.25, 0.3) is 11.5 Å². The van der Waals surface area contributed by atoms with E-state index in [0.29, 0.717) is 47.9 Å². The van der Waals surface area contributed by atoms with Gasteiger partial charge in [-0.3, -0.25) is 29.4 Å². The number of anilines is 2. The Bertz CT molecular complexity index is 2640. The predicted octanol–water partition coefficient (Wildman–Crippen LogP) is 5.95. The fourth-order valence-corrected chi connectivity index (χ4v) is 11.4. The summed E-state index contributed by atoms with van der Waals surface area (Å²) in [7, 11) is 1.73. The molecule has 5 fully saturated rings. The number of piperidine rings is 3. The first kappa shape index (κ1) is 47.3. The molecular formula is C47H56N8O6S6. The van der Waals surface area contributed by atoms with Crippen molar-refractivity contribution >= 4 is 116 Å². The molecule has 6 aliphatic rings. The molecule has 4 aromatic rings. The van der Waals surface area contributed by atoms with E-state index in [0.717, 1.165) is 130 Å². The van der Waals surface area contributed by atoms with Crippen molar-refractivity contribution in [3.63, 3.8) is 0 Å². The minimum absolute atomic E-state index is 0.132. The summed E-state index contributed by atoms with van der Waals surface area (Å²) in [5.74, 6) is 1.56. The molecule has 5 saturated heterocycles. The van der Waals surface area contributed by atoms with Crippen molar-refractivity contribution in [2.24, 2.45) is 18.4 Å². The number of aryl methyl sites for hydroxylation is 1. The quantitative estimate of drug-likeness (QED) is 0.0517. The number of aromatic nitrogens is 2. The van der Waals surface area contributed by atoms with E-state index < -0.39 is 13.2 Å². The van der Waals surface area contributed by atoms with Gasteiger partial charge in [-0.25, -0.2) is 4.98 Å². The summed E-state index contributed by atoms with van der Waals surface area (Å²) >= 11 is 27.2. The second-order valence-corrected chi connectivity index (χ2v) is 25.2. The van der Waals surface area contributed by atoms with Crippen LogP contribution in [0.1, 0.15) is 66.4 Å². The van der Waals surface area contributed by atoms with Crippen LogP contribution in [-0.2, 0) is 29.7 Å². The third kappa shape index (κ3) is 10.0. The Hall–Kier alpha value is -3.37. The first-order chi connectivity index (χ1) is 31.9. The first-order valence-corrected chi connectivity index (χ1v) is 25.7. The van der Waals surface area contributed by atoms with E-state index in [2.05, 4.69) is 112 Å². The number of fused-ring (bicyclic) bond motifs is 2. The van der Waals surface area contributed by atoms with Crippen molar-refractivity contribution in [3.05, 3.63) is 75.8 Å². The maximum absolute atomic E-state index is 13.5. The minimum Gasteiger partial charge on any atom is -0.458 e. The van der Waals surface area contributed by atoms with Crippen LogP contribution in [0.2, 0.25) is 0 Å². The summed E-state index contributed by atoms with van der Waals surface area (Å²) in [6.07, 6.45) is 9.61. The lowest BCUT2D eigenvalue weighted by Crippen LogP contribution is -2.60. The number of imide groups is 1. The maximum Gasteiger partial charge on any atom is 0.259 e. The molecule has 1 N–H and O–H groups in total. The fraction of sp³-hybridized carbons (Fsp3) is 0.511. The van der Waals surface area contributed by atoms with E-state index >= 15 is 0 Å². The Labute approximate surface area is 423 Å². The molecule has 0 saturated carbocycles. The van der Waals surface area contributed by atoms with Crippen LogP contribution >= 0.6 is 75.8 Å². The number of benzene rings is 2. The van der Waals surface area contributed by atoms with Crippen molar-refractivity contribution in [2.45, 2.75) is 71.3 Å². The first-order valence-electron chi connectivity index (χ1n) is 23.0. The summed E-state index contributed by atoms with van der Waals surface area (Å²) < 4.78 is 11.4. The fourth-order valence-electron chi connectivity index (χ4n) is 10.8. The molecule has 0 bridgehead atoms. The van der Waals surface area contributed by atoms with Crippen LogP contribution in [0.25, 0.3) is 21.9 Å². The van der Waals surface area contributed by atoms with Gasteiger partial charge in [-0.2, -0.15) is 0 Å². The van der Waals surface area contributed by atoms with Crippen molar-refractivity contribution in [1.29, 1.82) is 0 Å². The zero-order valence-electron chi connectivity index (χ0n) is 37.3. The number of carbonyl (C=O) groups excluding carboxylic acids is 3. The van der Waals surface area contributed by atoms with E-state index in [1.807, 2.05) is 36.5 Å². The van der Waals surface area contributed by atoms with E-state index in [1.165, 1.54) is 0 Å². The predicted molar refractivity (Wildman–Crippen MR) is 281 cm³/mol. The zero-order chi connectivity index (χ0) is 47.0. The van der Waals surface area contributed by atoms with Crippen molar-refractivity contribution in [3.8, 4) is 22.6 Å². The molecule has 10 rings (SSSR count). The lowest BCUT2D eigenvalue weighted by molar-refractivity contribution is -0.136. The van der Waals surface area contributed by atoms with E-state index in [1.54, 1.807) is 22.7 Å². The van der Waals surface area contributed by atoms with Gasteiger partial charge in [0, 0.05) is 99.3 Å². The van der Waals surface area contributed by atoms with Gasteiger partial charge in [-0.1, -0.05) is 6.07 Å². The van der Waals surface area contributed by atoms with Crippen LogP contribution in [0, 0.1) is 11.3 Å². The van der Waals surface area contributed by atoms with Crippen LogP contribution in [0.4, 0.5) is 11.5 Å². The van der Waals surface area contributed by atoms with E-state index in [9.17, 15) is 19.2 Å². The zero-order valence-corrected chi connectivity index (χ0v) is 42.6. The van der Waals surface area contributed by atoms with Gasteiger partial charge >= 0.3 is 0 Å². The number of rotatable bonds is 12. The lowest BCUT2D eigenvalue weighted by Gasteiger charge is -2.55. The Morgan fingerprint density at radius 1 is 0.791 bits per heavy atom. The molecule has 14 nitrogen and oxygen atoms in total. The highest BCUT2D eigenvalue weighted by atomic mass is 32.2. The Balaban J connectivity index is 0.777. The summed E-state index contributed by atoms with van der Waals surface area (Å²) in [6.45, 7) is 9.72. The highest BCUT2D eigenvalue weighted by Gasteiger charge is 2.46. The number of amides is 3. The van der Waals surface area contributed by atoms with Crippen LogP contribution in [-0.4, -0.2) is 114 Å². The number of pyridine rings is 2. The number of nitrogens with one attached hydrogen (secondary N) is 1. The van der Waals surface area contributed by atoms with Gasteiger partial charge in [0.15, 0.2) is 0 Å². The second kappa shape index (κ2) is 18.4. The number of thiol groups is 6. The molecule has 2 aromatic carbocycles. The smallest absolute Gasteiger partial charge is 0.259 e. The molecule has 0 unspecified atom stereocenters. The third-order valence-electron chi connectivity index (χ3n) is 14.7. The molecule has 1 spiro atoms. The van der Waals surface area contributed by atoms with Gasteiger partial charge in [-0.15, -0.1) is 75.8 Å². The van der Waals surface area contributed by atoms with Gasteiger partial charge in [0.2, 0.25) is 19.0 Å². The summed E-state index contributed by atoms with van der Waals surface area (Å²) in [5, 5.41) is 3.66. The average Bonchev–Trinajstić information content (AvgIpc) is 3.56. The van der Waals surface area contributed by atoms with Gasteiger partial charge in [0.1, 0.15) is 23.4 Å². The topological polar surface area (TPSA) is 133 Å². The average molecular weight is 1020 g/mol. The molecule has 0 aliphatic carbocycles. The molecule has 2 aromatic heterocycles.